The average Bonchev–Trinajstić information content (AvgIpc) is 3.21. The zero-order chi connectivity index (χ0) is 18.6. The molecule has 1 aliphatic rings. The Kier molecular flexibility index (Phi) is 6.08. The lowest BCUT2D eigenvalue weighted by molar-refractivity contribution is 0.0730. The number of sulfonamides is 1. The Morgan fingerprint density at radius 3 is 2.50 bits per heavy atom. The summed E-state index contributed by atoms with van der Waals surface area (Å²) in [5.41, 5.74) is 0.445. The fraction of sp³-hybridized carbons (Fsp3) is 0.389. The molecule has 26 heavy (non-hydrogen) atoms. The lowest BCUT2D eigenvalue weighted by Gasteiger charge is -2.26. The molecule has 0 saturated carbocycles. The van der Waals surface area contributed by atoms with Crippen LogP contribution in [0.3, 0.4) is 0 Å². The third kappa shape index (κ3) is 4.15. The minimum absolute atomic E-state index is 0.0424. The number of nitrogens with one attached hydrogen (secondary N) is 1. The summed E-state index contributed by atoms with van der Waals surface area (Å²) in [5, 5.41) is 4.98. The molecule has 1 aliphatic heterocycles. The first-order chi connectivity index (χ1) is 12.5. The predicted octanol–water partition coefficient (Wildman–Crippen LogP) is 2.65. The van der Waals surface area contributed by atoms with E-state index < -0.39 is 10.0 Å². The van der Waals surface area contributed by atoms with E-state index in [1.165, 1.54) is 16.4 Å². The van der Waals surface area contributed by atoms with Crippen LogP contribution in [0.4, 0.5) is 0 Å². The van der Waals surface area contributed by atoms with Crippen LogP contribution in [0.5, 0.6) is 0 Å². The summed E-state index contributed by atoms with van der Waals surface area (Å²) in [6, 6.07) is 10.0. The second-order valence-electron chi connectivity index (χ2n) is 5.99. The molecule has 0 spiro atoms. The molecule has 6 nitrogen and oxygen atoms in total. The van der Waals surface area contributed by atoms with Crippen molar-refractivity contribution in [2.45, 2.75) is 24.3 Å². The lowest BCUT2D eigenvalue weighted by atomic mass is 10.1. The minimum Gasteiger partial charge on any atom is -0.379 e. The summed E-state index contributed by atoms with van der Waals surface area (Å²) in [5.74, 6) is -0.208. The van der Waals surface area contributed by atoms with Crippen molar-refractivity contribution < 1.29 is 17.9 Å². The number of ether oxygens (including phenoxy) is 1. The largest absolute Gasteiger partial charge is 0.379 e. The molecule has 3 rings (SSSR count). The maximum absolute atomic E-state index is 12.6. The van der Waals surface area contributed by atoms with Crippen LogP contribution in [0.2, 0.25) is 0 Å². The first-order valence-electron chi connectivity index (χ1n) is 8.54. The highest BCUT2D eigenvalue weighted by Crippen LogP contribution is 2.23. The van der Waals surface area contributed by atoms with Gasteiger partial charge in [-0.25, -0.2) is 8.42 Å². The number of hydrogen-bond donors (Lipinski definition) is 1. The normalized spacial score (nSPS) is 17.0. The third-order valence-corrected chi connectivity index (χ3v) is 7.22. The fourth-order valence-electron chi connectivity index (χ4n) is 2.82. The molecule has 8 heteroatoms. The van der Waals surface area contributed by atoms with Gasteiger partial charge in [0.2, 0.25) is 10.0 Å². The maximum atomic E-state index is 12.6. The topological polar surface area (TPSA) is 75.7 Å². The minimum atomic E-state index is -3.54. The smallest absolute Gasteiger partial charge is 0.251 e. The van der Waals surface area contributed by atoms with Crippen LogP contribution in [0, 0.1) is 0 Å². The predicted molar refractivity (Wildman–Crippen MR) is 101 cm³/mol. The van der Waals surface area contributed by atoms with Crippen molar-refractivity contribution in [3.05, 3.63) is 52.2 Å². The zero-order valence-corrected chi connectivity index (χ0v) is 16.2. The van der Waals surface area contributed by atoms with Gasteiger partial charge in [-0.3, -0.25) is 4.79 Å². The van der Waals surface area contributed by atoms with Crippen LogP contribution in [0.25, 0.3) is 0 Å². The van der Waals surface area contributed by atoms with E-state index in [0.29, 0.717) is 31.9 Å². The summed E-state index contributed by atoms with van der Waals surface area (Å²) < 4.78 is 31.9. The SMILES string of the molecule is CCC(NC(=O)c1ccc(S(=O)(=O)N2CCOCC2)cc1)c1cccs1. The molecule has 1 aromatic heterocycles. The van der Waals surface area contributed by atoms with Crippen LogP contribution in [0.1, 0.15) is 34.6 Å². The van der Waals surface area contributed by atoms with Gasteiger partial charge < -0.3 is 10.1 Å². The second-order valence-corrected chi connectivity index (χ2v) is 8.91. The molecule has 1 unspecified atom stereocenters. The standard InChI is InChI=1S/C18H22N2O4S2/c1-2-16(17-4-3-13-25-17)19-18(21)14-5-7-15(8-6-14)26(22,23)20-9-11-24-12-10-20/h3-8,13,16H,2,9-12H2,1H3,(H,19,21). The van der Waals surface area contributed by atoms with E-state index in [2.05, 4.69) is 5.32 Å². The molecule has 0 radical (unpaired) electrons. The first-order valence-corrected chi connectivity index (χ1v) is 10.9. The Hall–Kier alpha value is -1.74. The van der Waals surface area contributed by atoms with Crippen molar-refractivity contribution in [2.24, 2.45) is 0 Å². The van der Waals surface area contributed by atoms with E-state index >= 15 is 0 Å². The van der Waals surface area contributed by atoms with Crippen LogP contribution in [-0.4, -0.2) is 44.9 Å². The van der Waals surface area contributed by atoms with Gasteiger partial charge in [-0.2, -0.15) is 4.31 Å². The Labute approximate surface area is 157 Å². The van der Waals surface area contributed by atoms with Gasteiger partial charge in [-0.1, -0.05) is 13.0 Å². The zero-order valence-electron chi connectivity index (χ0n) is 14.6. The summed E-state index contributed by atoms with van der Waals surface area (Å²) in [6.07, 6.45) is 0.787. The van der Waals surface area contributed by atoms with E-state index in [1.807, 2.05) is 24.4 Å². The highest BCUT2D eigenvalue weighted by molar-refractivity contribution is 7.89. The van der Waals surface area contributed by atoms with Gasteiger partial charge in [-0.15, -0.1) is 11.3 Å². The molecule has 1 saturated heterocycles. The van der Waals surface area contributed by atoms with E-state index in [0.717, 1.165) is 11.3 Å². The van der Waals surface area contributed by atoms with Gasteiger partial charge >= 0.3 is 0 Å². The first kappa shape index (κ1) is 19.0. The number of morpholine rings is 1. The van der Waals surface area contributed by atoms with Gasteiger partial charge in [0.15, 0.2) is 0 Å². The molecular formula is C18H22N2O4S2. The van der Waals surface area contributed by atoms with Crippen molar-refractivity contribution in [3.63, 3.8) is 0 Å². The molecule has 1 amide bonds. The molecule has 1 atom stereocenters. The number of carbonyl (C=O) groups is 1. The Morgan fingerprint density at radius 2 is 1.92 bits per heavy atom. The van der Waals surface area contributed by atoms with E-state index in [9.17, 15) is 13.2 Å². The summed E-state index contributed by atoms with van der Waals surface area (Å²) >= 11 is 1.60. The number of hydrogen-bond acceptors (Lipinski definition) is 5. The van der Waals surface area contributed by atoms with Gasteiger partial charge in [0, 0.05) is 23.5 Å². The van der Waals surface area contributed by atoms with Crippen molar-refractivity contribution in [1.82, 2.24) is 9.62 Å². The fourth-order valence-corrected chi connectivity index (χ4v) is 5.09. The van der Waals surface area contributed by atoms with Gasteiger partial charge in [-0.05, 0) is 42.1 Å². The number of rotatable bonds is 6. The Morgan fingerprint density at radius 1 is 1.23 bits per heavy atom. The second kappa shape index (κ2) is 8.30. The van der Waals surface area contributed by atoms with Crippen LogP contribution in [-0.2, 0) is 14.8 Å². The van der Waals surface area contributed by atoms with Gasteiger partial charge in [0.1, 0.15) is 0 Å². The quantitative estimate of drug-likeness (QED) is 0.817. The monoisotopic (exact) mass is 394 g/mol. The molecule has 140 valence electrons. The average molecular weight is 395 g/mol. The van der Waals surface area contributed by atoms with Crippen molar-refractivity contribution in [3.8, 4) is 0 Å². The molecule has 1 fully saturated rings. The molecule has 0 bridgehead atoms. The van der Waals surface area contributed by atoms with Crippen molar-refractivity contribution in [2.75, 3.05) is 26.3 Å². The van der Waals surface area contributed by atoms with Crippen LogP contribution < -0.4 is 5.32 Å². The summed E-state index contributed by atoms with van der Waals surface area (Å²) in [7, 11) is -3.54. The van der Waals surface area contributed by atoms with Gasteiger partial charge in [0.25, 0.3) is 5.91 Å². The summed E-state index contributed by atoms with van der Waals surface area (Å²) in [6.45, 7) is 3.53. The number of thiophene rings is 1. The maximum Gasteiger partial charge on any atom is 0.251 e. The molecule has 1 aromatic carbocycles. The van der Waals surface area contributed by atoms with E-state index in [-0.39, 0.29) is 16.8 Å². The number of nitrogens with zero attached hydrogens (tertiary/aromatic N) is 1. The molecule has 1 N–H and O–H groups in total. The van der Waals surface area contributed by atoms with Crippen molar-refractivity contribution in [1.29, 1.82) is 0 Å². The summed E-state index contributed by atoms with van der Waals surface area (Å²) in [4.78, 5) is 13.8. The highest BCUT2D eigenvalue weighted by Gasteiger charge is 2.26. The van der Waals surface area contributed by atoms with Crippen LogP contribution >= 0.6 is 11.3 Å². The van der Waals surface area contributed by atoms with E-state index in [1.54, 1.807) is 23.5 Å². The number of benzene rings is 1. The molecule has 0 aliphatic carbocycles. The van der Waals surface area contributed by atoms with Gasteiger partial charge in [0.05, 0.1) is 24.2 Å². The number of carbonyl (C=O) groups excluding carboxylic acids is 1. The molecule has 2 heterocycles. The number of amides is 1. The third-order valence-electron chi connectivity index (χ3n) is 4.32. The van der Waals surface area contributed by atoms with Crippen LogP contribution in [0.15, 0.2) is 46.7 Å². The highest BCUT2D eigenvalue weighted by atomic mass is 32.2. The Balaban J connectivity index is 1.71. The molecule has 2 aromatic rings. The van der Waals surface area contributed by atoms with E-state index in [4.69, 9.17) is 4.74 Å². The van der Waals surface area contributed by atoms with Crippen molar-refractivity contribution >= 4 is 27.3 Å². The molecular weight excluding hydrogens is 372 g/mol. The Bertz CT molecular complexity index is 827. The lowest BCUT2D eigenvalue weighted by Crippen LogP contribution is -2.40.